The fraction of sp³-hybridized carbons (Fsp3) is 0.667. The van der Waals surface area contributed by atoms with Gasteiger partial charge in [-0.3, -0.25) is 4.55 Å². The highest BCUT2D eigenvalue weighted by Gasteiger charge is 2.48. The van der Waals surface area contributed by atoms with Crippen LogP contribution in [0.25, 0.3) is 0 Å². The van der Waals surface area contributed by atoms with Gasteiger partial charge in [0.05, 0.1) is 4.90 Å². The molecule has 4 atom stereocenters. The maximum atomic E-state index is 10.7. The third-order valence-electron chi connectivity index (χ3n) is 5.96. The molecule has 4 rings (SSSR count). The first-order chi connectivity index (χ1) is 10.4. The van der Waals surface area contributed by atoms with Crippen molar-refractivity contribution in [2.24, 2.45) is 23.7 Å². The molecule has 0 heterocycles. The molecule has 4 unspecified atom stereocenters. The van der Waals surface area contributed by atoms with Crippen LogP contribution in [0.15, 0.2) is 23.1 Å². The molecule has 1 aromatic carbocycles. The lowest BCUT2D eigenvalue weighted by Gasteiger charge is -2.23. The minimum atomic E-state index is -4.05. The largest absolute Gasteiger partial charge is 0.294 e. The monoisotopic (exact) mass is 322 g/mol. The highest BCUT2D eigenvalue weighted by molar-refractivity contribution is 7.85. The van der Waals surface area contributed by atoms with Crippen molar-refractivity contribution in [3.05, 3.63) is 29.3 Å². The Morgan fingerprint density at radius 2 is 1.59 bits per heavy atom. The molecule has 3 aliphatic rings. The third kappa shape index (κ3) is 3.09. The molecule has 22 heavy (non-hydrogen) atoms. The number of hydrogen-bond acceptors (Lipinski definition) is 2. The van der Waals surface area contributed by atoms with Crippen LogP contribution < -0.4 is 0 Å². The Hall–Kier alpha value is -0.870. The summed E-state index contributed by atoms with van der Waals surface area (Å²) in [4.78, 5) is -0.0203. The van der Waals surface area contributed by atoms with Crippen LogP contribution in [0.5, 0.6) is 0 Å². The van der Waals surface area contributed by atoms with Crippen LogP contribution in [0.3, 0.4) is 0 Å². The molecule has 1 aromatic rings. The van der Waals surface area contributed by atoms with E-state index in [4.69, 9.17) is 4.55 Å². The van der Waals surface area contributed by atoms with E-state index >= 15 is 0 Å². The summed E-state index contributed by atoms with van der Waals surface area (Å²) in [5.74, 6) is 4.80. The average molecular weight is 322 g/mol. The maximum Gasteiger partial charge on any atom is 0.294 e. The standard InChI is InChI=1S/C10H16.C8H10O3S/c1-2-9-7-4-5-8(6-7)10(9)3-1;1-6-3-4-8(7(2)5-6)12(9,10)11/h7-10H,1-6H2;3-5H,1-2H3,(H,9,10,11). The first-order valence-corrected chi connectivity index (χ1v) is 9.85. The minimum absolute atomic E-state index is 0.0203. The third-order valence-corrected chi connectivity index (χ3v) is 6.97. The van der Waals surface area contributed by atoms with Gasteiger partial charge in [0.25, 0.3) is 10.1 Å². The molecule has 3 nitrogen and oxygen atoms in total. The van der Waals surface area contributed by atoms with Crippen LogP contribution in [-0.2, 0) is 10.1 Å². The smallest absolute Gasteiger partial charge is 0.282 e. The van der Waals surface area contributed by atoms with Gasteiger partial charge in [0.15, 0.2) is 0 Å². The summed E-state index contributed by atoms with van der Waals surface area (Å²) in [6.07, 6.45) is 9.53. The molecule has 0 aliphatic heterocycles. The lowest BCUT2D eigenvalue weighted by atomic mass is 9.82. The Morgan fingerprint density at radius 1 is 1.00 bits per heavy atom. The van der Waals surface area contributed by atoms with E-state index in [1.807, 2.05) is 6.92 Å². The second-order valence-corrected chi connectivity index (χ2v) is 8.73. The predicted molar refractivity (Wildman–Crippen MR) is 87.4 cm³/mol. The first-order valence-electron chi connectivity index (χ1n) is 8.41. The molecule has 122 valence electrons. The number of rotatable bonds is 1. The lowest BCUT2D eigenvalue weighted by Crippen LogP contribution is -2.15. The minimum Gasteiger partial charge on any atom is -0.282 e. The summed E-state index contributed by atoms with van der Waals surface area (Å²) in [7, 11) is -4.05. The summed E-state index contributed by atoms with van der Waals surface area (Å²) in [5, 5.41) is 0. The highest BCUT2D eigenvalue weighted by Crippen LogP contribution is 2.58. The Morgan fingerprint density at radius 3 is 2.09 bits per heavy atom. The van der Waals surface area contributed by atoms with Crippen LogP contribution in [-0.4, -0.2) is 13.0 Å². The average Bonchev–Trinajstić information content (AvgIpc) is 3.12. The zero-order valence-corrected chi connectivity index (χ0v) is 14.3. The molecule has 0 spiro atoms. The molecule has 1 N–H and O–H groups in total. The van der Waals surface area contributed by atoms with Crippen LogP contribution in [0.2, 0.25) is 0 Å². The van der Waals surface area contributed by atoms with Gasteiger partial charge in [-0.2, -0.15) is 8.42 Å². The van der Waals surface area contributed by atoms with Gasteiger partial charge in [-0.15, -0.1) is 0 Å². The van der Waals surface area contributed by atoms with E-state index in [0.717, 1.165) is 5.56 Å². The fourth-order valence-corrected chi connectivity index (χ4v) is 5.81. The van der Waals surface area contributed by atoms with Crippen LogP contribution >= 0.6 is 0 Å². The topological polar surface area (TPSA) is 54.4 Å². The van der Waals surface area contributed by atoms with Gasteiger partial charge in [-0.1, -0.05) is 24.1 Å². The molecule has 4 heteroatoms. The predicted octanol–water partition coefficient (Wildman–Crippen LogP) is 4.38. The van der Waals surface area contributed by atoms with Crippen molar-refractivity contribution in [2.45, 2.75) is 57.3 Å². The molecule has 2 bridgehead atoms. The molecule has 0 amide bonds. The molecule has 3 fully saturated rings. The Balaban J connectivity index is 0.000000132. The van der Waals surface area contributed by atoms with Crippen molar-refractivity contribution in [3.63, 3.8) is 0 Å². The Labute approximate surface area is 133 Å². The van der Waals surface area contributed by atoms with E-state index < -0.39 is 10.1 Å². The van der Waals surface area contributed by atoms with Gasteiger partial charge in [0, 0.05) is 0 Å². The zero-order chi connectivity index (χ0) is 15.9. The van der Waals surface area contributed by atoms with Gasteiger partial charge in [-0.05, 0) is 81.3 Å². The number of hydrogen-bond donors (Lipinski definition) is 1. The molecule has 0 saturated heterocycles. The lowest BCUT2D eigenvalue weighted by molar-refractivity contribution is 0.259. The molecular formula is C18H26O3S. The molecule has 0 aromatic heterocycles. The Kier molecular flexibility index (Phi) is 4.34. The van der Waals surface area contributed by atoms with Gasteiger partial charge >= 0.3 is 0 Å². The highest BCUT2D eigenvalue weighted by atomic mass is 32.2. The maximum absolute atomic E-state index is 10.7. The summed E-state index contributed by atoms with van der Waals surface area (Å²) < 4.78 is 30.2. The fourth-order valence-electron chi connectivity index (χ4n) is 5.11. The number of benzene rings is 1. The summed E-state index contributed by atoms with van der Waals surface area (Å²) in [5.41, 5.74) is 1.54. The molecule has 3 saturated carbocycles. The number of aryl methyl sites for hydroxylation is 2. The summed E-state index contributed by atoms with van der Waals surface area (Å²) >= 11 is 0. The van der Waals surface area contributed by atoms with Crippen molar-refractivity contribution in [1.29, 1.82) is 0 Å². The second kappa shape index (κ2) is 5.97. The van der Waals surface area contributed by atoms with Crippen molar-refractivity contribution in [2.75, 3.05) is 0 Å². The summed E-state index contributed by atoms with van der Waals surface area (Å²) in [6, 6.07) is 4.76. The van der Waals surface area contributed by atoms with Crippen molar-refractivity contribution in [3.8, 4) is 0 Å². The van der Waals surface area contributed by atoms with Crippen molar-refractivity contribution in [1.82, 2.24) is 0 Å². The second-order valence-electron chi connectivity index (χ2n) is 7.34. The SMILES string of the molecule is C1CC2C3CCC(C3)C2C1.Cc1ccc(S(=O)(=O)O)c(C)c1. The van der Waals surface area contributed by atoms with E-state index in [0.29, 0.717) is 5.56 Å². The van der Waals surface area contributed by atoms with Crippen molar-refractivity contribution >= 4 is 10.1 Å². The first kappa shape index (κ1) is 16.0. The normalized spacial score (nSPS) is 32.5. The zero-order valence-electron chi connectivity index (χ0n) is 13.5. The van der Waals surface area contributed by atoms with Gasteiger partial charge in [0.1, 0.15) is 0 Å². The van der Waals surface area contributed by atoms with Crippen LogP contribution in [0.1, 0.15) is 49.7 Å². The Bertz CT molecular complexity index is 634. The molecule has 3 aliphatic carbocycles. The van der Waals surface area contributed by atoms with E-state index in [1.54, 1.807) is 57.6 Å². The van der Waals surface area contributed by atoms with E-state index in [-0.39, 0.29) is 4.90 Å². The number of fused-ring (bicyclic) bond motifs is 5. The van der Waals surface area contributed by atoms with Gasteiger partial charge in [0.2, 0.25) is 0 Å². The van der Waals surface area contributed by atoms with E-state index in [1.165, 1.54) is 29.7 Å². The molecule has 0 radical (unpaired) electrons. The summed E-state index contributed by atoms with van der Waals surface area (Å²) in [6.45, 7) is 3.51. The van der Waals surface area contributed by atoms with Gasteiger partial charge in [-0.25, -0.2) is 0 Å². The van der Waals surface area contributed by atoms with Crippen molar-refractivity contribution < 1.29 is 13.0 Å². The van der Waals surface area contributed by atoms with E-state index in [2.05, 4.69) is 0 Å². The van der Waals surface area contributed by atoms with Crippen LogP contribution in [0, 0.1) is 37.5 Å². The van der Waals surface area contributed by atoms with E-state index in [9.17, 15) is 8.42 Å². The molecular weight excluding hydrogens is 296 g/mol. The quantitative estimate of drug-likeness (QED) is 0.781. The van der Waals surface area contributed by atoms with Gasteiger partial charge < -0.3 is 0 Å². The van der Waals surface area contributed by atoms with Crippen LogP contribution in [0.4, 0.5) is 0 Å².